The van der Waals surface area contributed by atoms with Crippen LogP contribution < -0.4 is 10.5 Å². The molecule has 0 spiro atoms. The number of hydrogen-bond acceptors (Lipinski definition) is 10. The van der Waals surface area contributed by atoms with Gasteiger partial charge in [0.15, 0.2) is 0 Å². The average Bonchev–Trinajstić information content (AvgIpc) is 3.40. The molecular weight excluding hydrogens is 583 g/mol. The average molecular weight is 614 g/mol. The van der Waals surface area contributed by atoms with E-state index in [9.17, 15) is 23.7 Å². The highest BCUT2D eigenvalue weighted by atomic mass is 32.2. The first-order chi connectivity index (χ1) is 20.6. The molecule has 2 aromatic carbocycles. The van der Waals surface area contributed by atoms with Gasteiger partial charge in [-0.3, -0.25) is 0 Å². The maximum absolute atomic E-state index is 12.9. The lowest BCUT2D eigenvalue weighted by Crippen LogP contribution is -2.04. The molecule has 0 radical (unpaired) electrons. The summed E-state index contributed by atoms with van der Waals surface area (Å²) >= 11 is 1.18. The van der Waals surface area contributed by atoms with E-state index in [4.69, 9.17) is 25.1 Å². The second-order valence-corrected chi connectivity index (χ2v) is 9.18. The molecule has 0 fully saturated rings. The highest BCUT2D eigenvalue weighted by molar-refractivity contribution is 7.98. The van der Waals surface area contributed by atoms with Gasteiger partial charge in [-0.1, -0.05) is 37.7 Å². The Hall–Kier alpha value is -4.56. The van der Waals surface area contributed by atoms with E-state index in [2.05, 4.69) is 16.0 Å². The van der Waals surface area contributed by atoms with Crippen molar-refractivity contribution in [2.45, 2.75) is 37.7 Å². The van der Waals surface area contributed by atoms with Crippen LogP contribution in [-0.2, 0) is 11.9 Å². The third-order valence-corrected chi connectivity index (χ3v) is 6.58. The molecule has 0 aliphatic heterocycles. The van der Waals surface area contributed by atoms with Gasteiger partial charge in [-0.15, -0.1) is 0 Å². The van der Waals surface area contributed by atoms with Crippen LogP contribution in [-0.4, -0.2) is 40.5 Å². The van der Waals surface area contributed by atoms with Gasteiger partial charge in [-0.05, 0) is 48.9 Å². The first kappa shape index (κ1) is 34.6. The van der Waals surface area contributed by atoms with Gasteiger partial charge in [0, 0.05) is 16.9 Å². The molecule has 43 heavy (non-hydrogen) atoms. The van der Waals surface area contributed by atoms with E-state index in [0.717, 1.165) is 12.1 Å². The summed E-state index contributed by atoms with van der Waals surface area (Å²) in [4.78, 5) is 8.70. The molecule has 0 unspecified atom stereocenters. The van der Waals surface area contributed by atoms with Crippen molar-refractivity contribution in [1.82, 2.24) is 9.97 Å². The maximum atomic E-state index is 12.9. The summed E-state index contributed by atoms with van der Waals surface area (Å²) < 4.78 is 49.4. The number of rotatable bonds is 7. The fourth-order valence-corrected chi connectivity index (χ4v) is 4.57. The van der Waals surface area contributed by atoms with Crippen molar-refractivity contribution in [2.24, 2.45) is 0 Å². The molecule has 9 nitrogen and oxygen atoms in total. The number of anilines is 1. The summed E-state index contributed by atoms with van der Waals surface area (Å²) in [6, 6.07) is 15.6. The number of nitrogens with zero attached hydrogens (tertiary/aromatic N) is 4. The monoisotopic (exact) mass is 613 g/mol. The lowest BCUT2D eigenvalue weighted by atomic mass is 9.97. The number of nitrogen functional groups attached to an aromatic ring is 1. The predicted molar refractivity (Wildman–Crippen MR) is 157 cm³/mol. The molecule has 0 amide bonds. The number of ether oxygens (including phenoxy) is 1. The van der Waals surface area contributed by atoms with Crippen molar-refractivity contribution in [3.63, 3.8) is 0 Å². The van der Waals surface area contributed by atoms with Crippen LogP contribution in [0.2, 0.25) is 0 Å². The van der Waals surface area contributed by atoms with Crippen LogP contribution in [0.25, 0.3) is 22.6 Å². The topological polar surface area (TPSA) is 162 Å². The highest BCUT2D eigenvalue weighted by Gasteiger charge is 2.30. The Bertz CT molecular complexity index is 1570. The summed E-state index contributed by atoms with van der Waals surface area (Å²) in [6.45, 7) is 5.44. The second-order valence-electron chi connectivity index (χ2n) is 8.21. The molecule has 0 atom stereocenters. The van der Waals surface area contributed by atoms with Gasteiger partial charge in [-0.25, -0.2) is 9.97 Å². The van der Waals surface area contributed by atoms with Gasteiger partial charge in [0.2, 0.25) is 5.89 Å². The summed E-state index contributed by atoms with van der Waals surface area (Å²) in [7, 11) is 1.53. The number of aromatic nitrogens is 2. The lowest BCUT2D eigenvalue weighted by Gasteiger charge is -2.13. The number of benzene rings is 2. The molecule has 0 bridgehead atoms. The summed E-state index contributed by atoms with van der Waals surface area (Å²) in [6.07, 6.45) is -4.44. The molecular formula is C30H30F3N5O4S. The van der Waals surface area contributed by atoms with E-state index in [1.807, 2.05) is 19.9 Å². The first-order valence-electron chi connectivity index (χ1n) is 12.8. The van der Waals surface area contributed by atoms with Gasteiger partial charge in [0.1, 0.15) is 40.1 Å². The number of aliphatic hydroxyl groups excluding tert-OH is 2. The van der Waals surface area contributed by atoms with Crippen LogP contribution in [0.4, 0.5) is 19.0 Å². The van der Waals surface area contributed by atoms with Gasteiger partial charge in [-0.2, -0.15) is 23.7 Å². The van der Waals surface area contributed by atoms with Crippen molar-refractivity contribution >= 4 is 17.6 Å². The number of aliphatic hydroxyl groups is 2. The zero-order valence-corrected chi connectivity index (χ0v) is 24.7. The largest absolute Gasteiger partial charge is 0.497 e. The SMILES string of the molecule is CC.COc1ccc(-c2c(C#N)c(N)nc(SCc3nc(-c4ccc(C(F)(F)F)cc4)oc3C)c2C#N)cc1.OCCO. The van der Waals surface area contributed by atoms with Crippen molar-refractivity contribution in [1.29, 1.82) is 10.5 Å². The molecule has 226 valence electrons. The number of nitrogens with two attached hydrogens (primary N) is 1. The molecule has 0 saturated carbocycles. The number of halogens is 3. The number of nitriles is 2. The fraction of sp³-hybridized carbons (Fsp3) is 0.267. The van der Waals surface area contributed by atoms with E-state index >= 15 is 0 Å². The van der Waals surface area contributed by atoms with Gasteiger partial charge in [0.25, 0.3) is 0 Å². The van der Waals surface area contributed by atoms with Crippen LogP contribution in [0.3, 0.4) is 0 Å². The molecule has 2 aromatic heterocycles. The molecule has 0 saturated heterocycles. The van der Waals surface area contributed by atoms with Crippen LogP contribution in [0.1, 0.15) is 42.0 Å². The highest BCUT2D eigenvalue weighted by Crippen LogP contribution is 2.38. The van der Waals surface area contributed by atoms with Gasteiger partial charge >= 0.3 is 6.18 Å². The van der Waals surface area contributed by atoms with Crippen molar-refractivity contribution in [3.05, 3.63) is 76.7 Å². The zero-order chi connectivity index (χ0) is 32.2. The van der Waals surface area contributed by atoms with Gasteiger partial charge < -0.3 is 25.1 Å². The summed E-state index contributed by atoms with van der Waals surface area (Å²) in [5, 5.41) is 35.2. The molecule has 4 aromatic rings. The van der Waals surface area contributed by atoms with E-state index in [1.54, 1.807) is 31.2 Å². The second kappa shape index (κ2) is 16.2. The van der Waals surface area contributed by atoms with Crippen LogP contribution in [0, 0.1) is 29.6 Å². The van der Waals surface area contributed by atoms with Crippen molar-refractivity contribution in [3.8, 4) is 40.5 Å². The summed E-state index contributed by atoms with van der Waals surface area (Å²) in [5.74, 6) is 1.48. The molecule has 4 rings (SSSR count). The fourth-order valence-electron chi connectivity index (χ4n) is 3.57. The Balaban J connectivity index is 0.000000993. The number of pyridine rings is 1. The Morgan fingerprint density at radius 3 is 1.98 bits per heavy atom. The van der Waals surface area contributed by atoms with Crippen LogP contribution in [0.15, 0.2) is 58.0 Å². The van der Waals surface area contributed by atoms with Gasteiger partial charge in [0.05, 0.1) is 37.1 Å². The zero-order valence-electron chi connectivity index (χ0n) is 23.9. The summed E-state index contributed by atoms with van der Waals surface area (Å²) in [5.41, 5.74) is 7.48. The third-order valence-electron chi connectivity index (χ3n) is 5.59. The standard InChI is InChI=1S/C26H18F3N5O2S.C2H6O2.C2H6/c1-14-21(33-24(36-14)16-3-7-17(8-4-16)26(27,28)29)13-37-25-20(12-31)22(19(11-30)23(32)34-25)15-5-9-18(35-2)10-6-15;3-1-2-4;1-2/h3-10H,13H2,1-2H3,(H2,32,34);3-4H,1-2H2;1-2H3. The van der Waals surface area contributed by atoms with Crippen LogP contribution in [0.5, 0.6) is 5.75 Å². The molecule has 0 aliphatic rings. The van der Waals surface area contributed by atoms with E-state index < -0.39 is 11.7 Å². The normalized spacial score (nSPS) is 10.4. The number of thioether (sulfide) groups is 1. The number of methoxy groups -OCH3 is 1. The lowest BCUT2D eigenvalue weighted by molar-refractivity contribution is -0.137. The smallest absolute Gasteiger partial charge is 0.416 e. The molecule has 13 heteroatoms. The molecule has 4 N–H and O–H groups in total. The minimum Gasteiger partial charge on any atom is -0.497 e. The Morgan fingerprint density at radius 2 is 1.49 bits per heavy atom. The third kappa shape index (κ3) is 8.72. The minimum atomic E-state index is -4.44. The number of alkyl halides is 3. The van der Waals surface area contributed by atoms with E-state index in [-0.39, 0.29) is 41.8 Å². The van der Waals surface area contributed by atoms with Crippen molar-refractivity contribution in [2.75, 3.05) is 26.1 Å². The van der Waals surface area contributed by atoms with Crippen molar-refractivity contribution < 1.29 is 32.5 Å². The number of aryl methyl sites for hydroxylation is 1. The molecule has 2 heterocycles. The number of oxazole rings is 1. The van der Waals surface area contributed by atoms with Crippen LogP contribution >= 0.6 is 11.8 Å². The Morgan fingerprint density at radius 1 is 0.930 bits per heavy atom. The maximum Gasteiger partial charge on any atom is 0.416 e. The first-order valence-corrected chi connectivity index (χ1v) is 13.8. The van der Waals surface area contributed by atoms with E-state index in [0.29, 0.717) is 38.9 Å². The number of hydrogen-bond donors (Lipinski definition) is 3. The quantitative estimate of drug-likeness (QED) is 0.200. The predicted octanol–water partition coefficient (Wildman–Crippen LogP) is 6.35. The Labute approximate surface area is 251 Å². The molecule has 0 aliphatic carbocycles. The minimum absolute atomic E-state index is 0.0165. The van der Waals surface area contributed by atoms with E-state index in [1.165, 1.54) is 31.0 Å². The Kier molecular flexibility index (Phi) is 13.0.